The van der Waals surface area contributed by atoms with E-state index in [1.807, 2.05) is 0 Å². The van der Waals surface area contributed by atoms with Crippen molar-refractivity contribution in [2.45, 2.75) is 0 Å². The molecule has 10 heavy (non-hydrogen) atoms. The molecule has 1 rings (SSSR count). The average Bonchev–Trinajstić information content (AvgIpc) is 1.84. The van der Waals surface area contributed by atoms with Crippen LogP contribution in [0, 0.1) is 0 Å². The minimum absolute atomic E-state index is 0.102. The van der Waals surface area contributed by atoms with Crippen LogP contribution in [0.3, 0.4) is 0 Å². The molecule has 2 N–H and O–H groups in total. The van der Waals surface area contributed by atoms with Gasteiger partial charge in [-0.25, -0.2) is 0 Å². The first-order valence-corrected chi connectivity index (χ1v) is 4.17. The van der Waals surface area contributed by atoms with Crippen molar-refractivity contribution in [3.63, 3.8) is 0 Å². The Labute approximate surface area is 80.9 Å². The Bertz CT molecular complexity index is 212. The summed E-state index contributed by atoms with van der Waals surface area (Å²) in [6.45, 7) is 0. The van der Waals surface area contributed by atoms with E-state index >= 15 is 0 Å². The van der Waals surface area contributed by atoms with E-state index in [0.29, 0.717) is 5.02 Å². The van der Waals surface area contributed by atoms with Gasteiger partial charge in [-0.2, -0.15) is 0 Å². The number of benzene rings is 1. The van der Waals surface area contributed by atoms with Crippen LogP contribution in [0.15, 0.2) is 12.1 Å². The predicted octanol–water partition coefficient (Wildman–Crippen LogP) is 0.545. The molecule has 0 spiro atoms. The Balaban J connectivity index is 3.28. The van der Waals surface area contributed by atoms with Crippen molar-refractivity contribution in [2.75, 3.05) is 0 Å². The second-order valence-corrected chi connectivity index (χ2v) is 3.57. The van der Waals surface area contributed by atoms with Crippen LogP contribution in [0.1, 0.15) is 0 Å². The molecule has 0 amide bonds. The van der Waals surface area contributed by atoms with Crippen LogP contribution in [0.4, 0.5) is 0 Å². The molecule has 0 aliphatic rings. The Morgan fingerprint density at radius 3 is 2.20 bits per heavy atom. The van der Waals surface area contributed by atoms with E-state index in [2.05, 4.69) is 0 Å². The fourth-order valence-corrected chi connectivity index (χ4v) is 1.23. The normalized spacial score (nSPS) is 9.90. The van der Waals surface area contributed by atoms with E-state index in [1.165, 1.54) is 12.1 Å². The first-order valence-electron chi connectivity index (χ1n) is 2.79. The van der Waals surface area contributed by atoms with Gasteiger partial charge in [-0.05, 0) is 0 Å². The summed E-state index contributed by atoms with van der Waals surface area (Å²) in [5, 5.41) is 18.4. The van der Waals surface area contributed by atoms with Gasteiger partial charge in [0.05, 0.1) is 0 Å². The van der Waals surface area contributed by atoms with Gasteiger partial charge in [0.25, 0.3) is 0 Å². The SMILES string of the molecule is Oc1c[c]([Na])c(Cl)cc1O. The summed E-state index contributed by atoms with van der Waals surface area (Å²) >= 11 is 6.42. The van der Waals surface area contributed by atoms with E-state index in [9.17, 15) is 0 Å². The molecule has 4 heteroatoms. The molecule has 48 valence electrons. The van der Waals surface area contributed by atoms with Crippen molar-refractivity contribution < 1.29 is 10.2 Å². The summed E-state index contributed by atoms with van der Waals surface area (Å²) in [5.41, 5.74) is 0. The summed E-state index contributed by atoms with van der Waals surface area (Å²) in [6, 6.07) is 2.82. The predicted molar refractivity (Wildman–Crippen MR) is 40.2 cm³/mol. The Hall–Kier alpha value is 0.110. The van der Waals surface area contributed by atoms with Gasteiger partial charge < -0.3 is 0 Å². The van der Waals surface area contributed by atoms with Crippen molar-refractivity contribution in [3.8, 4) is 11.5 Å². The molecule has 0 heterocycles. The Morgan fingerprint density at radius 2 is 1.70 bits per heavy atom. The molecule has 0 saturated heterocycles. The summed E-state index contributed by atoms with van der Waals surface area (Å²) in [4.78, 5) is 0. The van der Waals surface area contributed by atoms with E-state index < -0.39 is 0 Å². The van der Waals surface area contributed by atoms with Gasteiger partial charge in [0, 0.05) is 0 Å². The molecule has 0 bridgehead atoms. The summed E-state index contributed by atoms with van der Waals surface area (Å²) in [5.74, 6) is -0.265. The van der Waals surface area contributed by atoms with Crippen molar-refractivity contribution in [3.05, 3.63) is 17.2 Å². The topological polar surface area (TPSA) is 40.5 Å². The first-order chi connectivity index (χ1) is 4.61. The second kappa shape index (κ2) is 3.01. The van der Waals surface area contributed by atoms with Crippen LogP contribution in [0.25, 0.3) is 0 Å². The van der Waals surface area contributed by atoms with Crippen LogP contribution in [0.5, 0.6) is 11.5 Å². The summed E-state index contributed by atoms with van der Waals surface area (Å²) in [7, 11) is 0. The molecule has 0 saturated carbocycles. The molecule has 0 fully saturated rings. The number of hydrogen-bond acceptors (Lipinski definition) is 2. The molecule has 0 atom stereocenters. The number of halogens is 1. The van der Waals surface area contributed by atoms with Crippen molar-refractivity contribution in [2.24, 2.45) is 0 Å². The molecule has 2 nitrogen and oxygen atoms in total. The third-order valence-electron chi connectivity index (χ3n) is 1.26. The van der Waals surface area contributed by atoms with Gasteiger partial charge in [-0.1, -0.05) is 0 Å². The molecule has 1 aromatic carbocycles. The number of aromatic hydroxyl groups is 2. The van der Waals surface area contributed by atoms with E-state index in [-0.39, 0.29) is 11.5 Å². The monoisotopic (exact) mass is 166 g/mol. The van der Waals surface area contributed by atoms with Gasteiger partial charge in [0.1, 0.15) is 0 Å². The van der Waals surface area contributed by atoms with Crippen LogP contribution in [0.2, 0.25) is 5.02 Å². The van der Waals surface area contributed by atoms with Gasteiger partial charge in [0.15, 0.2) is 0 Å². The van der Waals surface area contributed by atoms with E-state index in [0.717, 1.165) is 30.7 Å². The van der Waals surface area contributed by atoms with Crippen molar-refractivity contribution >= 4 is 42.3 Å². The first kappa shape index (κ1) is 8.21. The van der Waals surface area contributed by atoms with Crippen LogP contribution in [-0.4, -0.2) is 38.1 Å². The number of phenolic OH excluding ortho intramolecular Hbond substituents is 2. The van der Waals surface area contributed by atoms with E-state index in [4.69, 9.17) is 21.8 Å². The maximum atomic E-state index is 8.94. The third kappa shape index (κ3) is 1.58. The fourth-order valence-electron chi connectivity index (χ4n) is 0.656. The zero-order chi connectivity index (χ0) is 7.72. The van der Waals surface area contributed by atoms with E-state index in [1.54, 1.807) is 0 Å². The second-order valence-electron chi connectivity index (χ2n) is 2.09. The Morgan fingerprint density at radius 1 is 1.20 bits per heavy atom. The molecular weight excluding hydrogens is 163 g/mol. The molecule has 0 aliphatic heterocycles. The minimum atomic E-state index is -0.162. The third-order valence-corrected chi connectivity index (χ3v) is 2.81. The van der Waals surface area contributed by atoms with Gasteiger partial charge >= 0.3 is 81.2 Å². The molecule has 0 aromatic heterocycles. The maximum absolute atomic E-state index is 8.94. The summed E-state index contributed by atoms with van der Waals surface area (Å²) in [6.07, 6.45) is 0. The van der Waals surface area contributed by atoms with Gasteiger partial charge in [-0.15, -0.1) is 0 Å². The zero-order valence-corrected chi connectivity index (χ0v) is 8.18. The average molecular weight is 167 g/mol. The molecule has 0 aliphatic carbocycles. The molecule has 1 aromatic rings. The van der Waals surface area contributed by atoms with Gasteiger partial charge in [0.2, 0.25) is 0 Å². The fraction of sp³-hybridized carbons (Fsp3) is 0. The number of phenols is 2. The number of hydrogen-bond donors (Lipinski definition) is 2. The molecular formula is C6H4ClNaO2. The van der Waals surface area contributed by atoms with Crippen molar-refractivity contribution in [1.29, 1.82) is 0 Å². The zero-order valence-electron chi connectivity index (χ0n) is 5.43. The molecule has 0 radical (unpaired) electrons. The van der Waals surface area contributed by atoms with Crippen molar-refractivity contribution in [1.82, 2.24) is 0 Å². The standard InChI is InChI=1S/C6H4ClO2.Na/c7-4-1-2-5(8)6(9)3-4;/h2-3,8-9H;. The summed E-state index contributed by atoms with van der Waals surface area (Å²) < 4.78 is 0.886. The van der Waals surface area contributed by atoms with Gasteiger partial charge in [-0.3, -0.25) is 0 Å². The quantitative estimate of drug-likeness (QED) is 0.436. The van der Waals surface area contributed by atoms with Crippen LogP contribution < -0.4 is 2.81 Å². The van der Waals surface area contributed by atoms with Crippen LogP contribution in [-0.2, 0) is 0 Å². The Kier molecular flexibility index (Phi) is 2.47. The van der Waals surface area contributed by atoms with Crippen LogP contribution >= 0.6 is 11.6 Å². The number of rotatable bonds is 0. The molecule has 0 unspecified atom stereocenters.